The third-order valence-electron chi connectivity index (χ3n) is 2.58. The zero-order valence-electron chi connectivity index (χ0n) is 9.89. The summed E-state index contributed by atoms with van der Waals surface area (Å²) in [6, 6.07) is 3.39. The molecule has 0 aliphatic carbocycles. The molecule has 0 atom stereocenters. The van der Waals surface area contributed by atoms with Crippen LogP contribution in [0.4, 0.5) is 5.82 Å². The summed E-state index contributed by atoms with van der Waals surface area (Å²) in [5, 5.41) is 15.8. The Morgan fingerprint density at radius 2 is 2.26 bits per heavy atom. The molecule has 0 saturated carbocycles. The van der Waals surface area contributed by atoms with Crippen LogP contribution in [0.15, 0.2) is 24.7 Å². The van der Waals surface area contributed by atoms with Crippen molar-refractivity contribution in [3.05, 3.63) is 30.2 Å². The maximum absolute atomic E-state index is 11.4. The van der Waals surface area contributed by atoms with E-state index in [1.807, 2.05) is 0 Å². The van der Waals surface area contributed by atoms with Gasteiger partial charge in [0.15, 0.2) is 11.5 Å². The van der Waals surface area contributed by atoms with Crippen LogP contribution in [0.2, 0.25) is 0 Å². The minimum atomic E-state index is -0.547. The maximum atomic E-state index is 11.4. The third-order valence-corrected chi connectivity index (χ3v) is 2.58. The Labute approximate surface area is 106 Å². The van der Waals surface area contributed by atoms with Gasteiger partial charge in [0.2, 0.25) is 0 Å². The fourth-order valence-electron chi connectivity index (χ4n) is 1.64. The Kier molecular flexibility index (Phi) is 2.37. The van der Waals surface area contributed by atoms with Crippen LogP contribution in [0.25, 0.3) is 11.5 Å². The number of esters is 1. The van der Waals surface area contributed by atoms with Crippen LogP contribution in [0.5, 0.6) is 0 Å². The number of rotatable bonds is 2. The van der Waals surface area contributed by atoms with Crippen molar-refractivity contribution in [2.24, 2.45) is 0 Å². The number of nitrogens with zero attached hydrogens (tertiary/aromatic N) is 6. The summed E-state index contributed by atoms with van der Waals surface area (Å²) in [6.07, 6.45) is 2.79. The molecule has 19 heavy (non-hydrogen) atoms. The van der Waals surface area contributed by atoms with Gasteiger partial charge in [0.25, 0.3) is 0 Å². The summed E-state index contributed by atoms with van der Waals surface area (Å²) in [5.74, 6) is 0.0563. The minimum Gasteiger partial charge on any atom is -0.465 e. The lowest BCUT2D eigenvalue weighted by Gasteiger charge is -2.03. The molecule has 0 aliphatic heterocycles. The number of carbonyl (C=O) groups excluding carboxylic acids is 1. The SMILES string of the molecule is COC(=O)c1cnn(-c2ccc3nncn3n2)c1N. The van der Waals surface area contributed by atoms with E-state index in [1.165, 1.54) is 28.8 Å². The lowest BCUT2D eigenvalue weighted by atomic mass is 10.3. The summed E-state index contributed by atoms with van der Waals surface area (Å²) < 4.78 is 7.43. The smallest absolute Gasteiger partial charge is 0.343 e. The highest BCUT2D eigenvalue weighted by molar-refractivity contribution is 5.94. The van der Waals surface area contributed by atoms with Gasteiger partial charge in [-0.2, -0.15) is 14.3 Å². The van der Waals surface area contributed by atoms with Crippen LogP contribution in [-0.2, 0) is 4.74 Å². The predicted octanol–water partition coefficient (Wildman–Crippen LogP) is -0.321. The van der Waals surface area contributed by atoms with E-state index >= 15 is 0 Å². The Hall–Kier alpha value is -2.97. The molecule has 3 rings (SSSR count). The Morgan fingerprint density at radius 1 is 1.42 bits per heavy atom. The summed E-state index contributed by atoms with van der Waals surface area (Å²) >= 11 is 0. The number of nitrogens with two attached hydrogens (primary N) is 1. The lowest BCUT2D eigenvalue weighted by Crippen LogP contribution is -2.09. The van der Waals surface area contributed by atoms with E-state index in [2.05, 4.69) is 25.1 Å². The van der Waals surface area contributed by atoms with E-state index < -0.39 is 5.97 Å². The van der Waals surface area contributed by atoms with Crippen LogP contribution >= 0.6 is 0 Å². The number of ether oxygens (including phenoxy) is 1. The second-order valence-electron chi connectivity index (χ2n) is 3.67. The number of methoxy groups -OCH3 is 1. The number of carbonyl (C=O) groups is 1. The highest BCUT2D eigenvalue weighted by atomic mass is 16.5. The summed E-state index contributed by atoms with van der Waals surface area (Å²) in [5.41, 5.74) is 6.64. The van der Waals surface area contributed by atoms with E-state index in [0.717, 1.165) is 0 Å². The van der Waals surface area contributed by atoms with Crippen LogP contribution in [0.3, 0.4) is 0 Å². The number of aromatic nitrogens is 6. The van der Waals surface area contributed by atoms with Gasteiger partial charge in [0, 0.05) is 0 Å². The zero-order valence-corrected chi connectivity index (χ0v) is 9.89. The molecule has 3 aromatic heterocycles. The molecule has 9 nitrogen and oxygen atoms in total. The minimum absolute atomic E-state index is 0.159. The molecule has 0 fully saturated rings. The third kappa shape index (κ3) is 1.68. The number of fused-ring (bicyclic) bond motifs is 1. The average Bonchev–Trinajstić information content (AvgIpc) is 3.03. The van der Waals surface area contributed by atoms with E-state index in [1.54, 1.807) is 12.1 Å². The van der Waals surface area contributed by atoms with Gasteiger partial charge < -0.3 is 10.5 Å². The molecule has 0 bridgehead atoms. The second-order valence-corrected chi connectivity index (χ2v) is 3.67. The topological polar surface area (TPSA) is 113 Å². The largest absolute Gasteiger partial charge is 0.465 e. The molecule has 0 aliphatic rings. The molecule has 0 radical (unpaired) electrons. The quantitative estimate of drug-likeness (QED) is 0.627. The number of nitrogen functional groups attached to an aromatic ring is 1. The Morgan fingerprint density at radius 3 is 3.05 bits per heavy atom. The first-order valence-corrected chi connectivity index (χ1v) is 5.30. The van der Waals surface area contributed by atoms with Crippen LogP contribution < -0.4 is 5.73 Å². The first-order chi connectivity index (χ1) is 9.20. The van der Waals surface area contributed by atoms with E-state index in [4.69, 9.17) is 5.73 Å². The van der Waals surface area contributed by atoms with Crippen molar-refractivity contribution in [1.82, 2.24) is 29.6 Å². The standard InChI is InChI=1S/C10H9N7O2/c1-19-10(18)6-4-13-17(9(6)11)8-3-2-7-14-12-5-16(7)15-8/h2-5H,11H2,1H3. The van der Waals surface area contributed by atoms with Crippen molar-refractivity contribution in [2.75, 3.05) is 12.8 Å². The van der Waals surface area contributed by atoms with Crippen LogP contribution in [0, 0.1) is 0 Å². The predicted molar refractivity (Wildman–Crippen MR) is 63.7 cm³/mol. The molecule has 3 heterocycles. The van der Waals surface area contributed by atoms with Gasteiger partial charge in [-0.05, 0) is 12.1 Å². The number of hydrogen-bond donors (Lipinski definition) is 1. The summed E-state index contributed by atoms with van der Waals surface area (Å²) in [7, 11) is 1.28. The van der Waals surface area contributed by atoms with Crippen molar-refractivity contribution < 1.29 is 9.53 Å². The Balaban J connectivity index is 2.11. The van der Waals surface area contributed by atoms with Crippen molar-refractivity contribution in [3.8, 4) is 5.82 Å². The lowest BCUT2D eigenvalue weighted by molar-refractivity contribution is 0.0602. The van der Waals surface area contributed by atoms with Crippen LogP contribution in [-0.4, -0.2) is 42.7 Å². The molecule has 2 N–H and O–H groups in total. The van der Waals surface area contributed by atoms with Crippen molar-refractivity contribution in [3.63, 3.8) is 0 Å². The monoisotopic (exact) mass is 259 g/mol. The van der Waals surface area contributed by atoms with Gasteiger partial charge in [-0.15, -0.1) is 15.3 Å². The van der Waals surface area contributed by atoms with Gasteiger partial charge in [-0.3, -0.25) is 0 Å². The van der Waals surface area contributed by atoms with Gasteiger partial charge in [0.1, 0.15) is 17.7 Å². The highest BCUT2D eigenvalue weighted by Gasteiger charge is 2.17. The van der Waals surface area contributed by atoms with Crippen LogP contribution in [0.1, 0.15) is 10.4 Å². The molecule has 9 heteroatoms. The molecule has 0 unspecified atom stereocenters. The second kappa shape index (κ2) is 4.05. The molecule has 0 amide bonds. The first kappa shape index (κ1) is 11.1. The van der Waals surface area contributed by atoms with Gasteiger partial charge in [0.05, 0.1) is 13.3 Å². The molecular weight excluding hydrogens is 250 g/mol. The summed E-state index contributed by atoms with van der Waals surface area (Å²) in [4.78, 5) is 11.4. The summed E-state index contributed by atoms with van der Waals surface area (Å²) in [6.45, 7) is 0. The molecule has 0 saturated heterocycles. The molecule has 0 aromatic carbocycles. The van der Waals surface area contributed by atoms with Gasteiger partial charge in [-0.1, -0.05) is 0 Å². The van der Waals surface area contributed by atoms with Crippen molar-refractivity contribution >= 4 is 17.4 Å². The normalized spacial score (nSPS) is 10.8. The maximum Gasteiger partial charge on any atom is 0.343 e. The van der Waals surface area contributed by atoms with Gasteiger partial charge >= 0.3 is 5.97 Å². The zero-order chi connectivity index (χ0) is 13.4. The van der Waals surface area contributed by atoms with Crippen molar-refractivity contribution in [1.29, 1.82) is 0 Å². The average molecular weight is 259 g/mol. The van der Waals surface area contributed by atoms with Gasteiger partial charge in [-0.25, -0.2) is 4.79 Å². The van der Waals surface area contributed by atoms with E-state index in [0.29, 0.717) is 11.5 Å². The molecule has 96 valence electrons. The van der Waals surface area contributed by atoms with Crippen molar-refractivity contribution in [2.45, 2.75) is 0 Å². The van der Waals surface area contributed by atoms with E-state index in [-0.39, 0.29) is 11.4 Å². The molecule has 3 aromatic rings. The molecule has 0 spiro atoms. The number of anilines is 1. The van der Waals surface area contributed by atoms with E-state index in [9.17, 15) is 4.79 Å². The number of hydrogen-bond acceptors (Lipinski definition) is 7. The first-order valence-electron chi connectivity index (χ1n) is 5.30. The molecular formula is C10H9N7O2. The highest BCUT2D eigenvalue weighted by Crippen LogP contribution is 2.16. The fraction of sp³-hybridized carbons (Fsp3) is 0.100. The fourth-order valence-corrected chi connectivity index (χ4v) is 1.64. The Bertz CT molecular complexity index is 760.